The molecule has 2 aromatic heterocycles. The molecule has 0 radical (unpaired) electrons. The lowest BCUT2D eigenvalue weighted by molar-refractivity contribution is 0.102. The summed E-state index contributed by atoms with van der Waals surface area (Å²) in [6.45, 7) is 0. The lowest BCUT2D eigenvalue weighted by Crippen LogP contribution is -2.12. The molecule has 3 rings (SSSR count). The average molecular weight is 351 g/mol. The van der Waals surface area contributed by atoms with Crippen LogP contribution in [-0.2, 0) is 0 Å². The number of hydrogen-bond acceptors (Lipinski definition) is 2. The second-order valence-electron chi connectivity index (χ2n) is 4.23. The summed E-state index contributed by atoms with van der Waals surface area (Å²) in [5.41, 5.74) is 2.03. The zero-order valence-electron chi connectivity index (χ0n) is 10.2. The number of H-pyrrole nitrogens is 1. The summed E-state index contributed by atoms with van der Waals surface area (Å²) in [6.07, 6.45) is 3.41. The molecule has 1 amide bonds. The van der Waals surface area contributed by atoms with Gasteiger partial charge in [0.15, 0.2) is 5.15 Å². The number of carbonyl (C=O) groups is 1. The SMILES string of the molecule is O=C(Nc1cc(Br)cnc1Cl)c1ccc2[nH]ccc2c1. The van der Waals surface area contributed by atoms with Crippen molar-refractivity contribution in [3.05, 3.63) is 57.9 Å². The Morgan fingerprint density at radius 2 is 2.15 bits per heavy atom. The zero-order valence-corrected chi connectivity index (χ0v) is 12.5. The second kappa shape index (κ2) is 5.26. The first kappa shape index (κ1) is 13.1. The van der Waals surface area contributed by atoms with E-state index in [1.54, 1.807) is 18.3 Å². The van der Waals surface area contributed by atoms with Gasteiger partial charge in [-0.3, -0.25) is 4.79 Å². The van der Waals surface area contributed by atoms with Gasteiger partial charge in [0.1, 0.15) is 0 Å². The van der Waals surface area contributed by atoms with Gasteiger partial charge in [-0.1, -0.05) is 11.6 Å². The molecule has 0 aliphatic heterocycles. The van der Waals surface area contributed by atoms with Crippen LogP contribution in [-0.4, -0.2) is 15.9 Å². The number of aromatic amines is 1. The molecule has 0 bridgehead atoms. The van der Waals surface area contributed by atoms with Crippen molar-refractivity contribution < 1.29 is 4.79 Å². The van der Waals surface area contributed by atoms with Gasteiger partial charge in [0, 0.05) is 33.3 Å². The van der Waals surface area contributed by atoms with Crippen LogP contribution in [0.3, 0.4) is 0 Å². The second-order valence-corrected chi connectivity index (χ2v) is 5.50. The van der Waals surface area contributed by atoms with E-state index in [2.05, 4.69) is 31.2 Å². The molecule has 20 heavy (non-hydrogen) atoms. The summed E-state index contributed by atoms with van der Waals surface area (Å²) in [7, 11) is 0. The number of pyridine rings is 1. The quantitative estimate of drug-likeness (QED) is 0.679. The number of carbonyl (C=O) groups excluding carboxylic acids is 1. The highest BCUT2D eigenvalue weighted by molar-refractivity contribution is 9.10. The first-order chi connectivity index (χ1) is 9.63. The van der Waals surface area contributed by atoms with E-state index in [0.717, 1.165) is 15.4 Å². The van der Waals surface area contributed by atoms with Gasteiger partial charge in [-0.15, -0.1) is 0 Å². The summed E-state index contributed by atoms with van der Waals surface area (Å²) in [6, 6.07) is 9.07. The maximum Gasteiger partial charge on any atom is 0.255 e. The number of benzene rings is 1. The number of anilines is 1. The highest BCUT2D eigenvalue weighted by atomic mass is 79.9. The van der Waals surface area contributed by atoms with Crippen molar-refractivity contribution in [2.24, 2.45) is 0 Å². The predicted molar refractivity (Wildman–Crippen MR) is 83.2 cm³/mol. The Bertz CT molecular complexity index is 800. The number of nitrogens with one attached hydrogen (secondary N) is 2. The highest BCUT2D eigenvalue weighted by Gasteiger charge is 2.10. The van der Waals surface area contributed by atoms with Gasteiger partial charge in [-0.25, -0.2) is 4.98 Å². The number of hydrogen-bond donors (Lipinski definition) is 2. The number of halogens is 2. The maximum absolute atomic E-state index is 12.2. The van der Waals surface area contributed by atoms with E-state index in [9.17, 15) is 4.79 Å². The molecule has 100 valence electrons. The fraction of sp³-hybridized carbons (Fsp3) is 0. The molecule has 3 aromatic rings. The maximum atomic E-state index is 12.2. The van der Waals surface area contributed by atoms with Crippen molar-refractivity contribution in [2.75, 3.05) is 5.32 Å². The van der Waals surface area contributed by atoms with Gasteiger partial charge in [0.25, 0.3) is 5.91 Å². The smallest absolute Gasteiger partial charge is 0.255 e. The fourth-order valence-electron chi connectivity index (χ4n) is 1.90. The molecule has 0 saturated carbocycles. The van der Waals surface area contributed by atoms with E-state index >= 15 is 0 Å². The third kappa shape index (κ3) is 2.55. The standard InChI is InChI=1S/C14H9BrClN3O/c15-10-6-12(13(16)18-7-10)19-14(20)9-1-2-11-8(5-9)3-4-17-11/h1-7,17H,(H,19,20). The van der Waals surface area contributed by atoms with Gasteiger partial charge in [-0.05, 0) is 46.3 Å². The molecule has 2 N–H and O–H groups in total. The van der Waals surface area contributed by atoms with E-state index < -0.39 is 0 Å². The first-order valence-electron chi connectivity index (χ1n) is 5.83. The van der Waals surface area contributed by atoms with Crippen LogP contribution in [0, 0.1) is 0 Å². The Morgan fingerprint density at radius 1 is 1.30 bits per heavy atom. The minimum absolute atomic E-state index is 0.227. The summed E-state index contributed by atoms with van der Waals surface area (Å²) >= 11 is 9.25. The van der Waals surface area contributed by atoms with Gasteiger partial charge >= 0.3 is 0 Å². The van der Waals surface area contributed by atoms with Gasteiger partial charge in [0.05, 0.1) is 5.69 Å². The largest absolute Gasteiger partial charge is 0.361 e. The van der Waals surface area contributed by atoms with Crippen molar-refractivity contribution >= 4 is 50.0 Å². The van der Waals surface area contributed by atoms with Crippen LogP contribution < -0.4 is 5.32 Å². The molecule has 0 aliphatic carbocycles. The van der Waals surface area contributed by atoms with Crippen LogP contribution in [0.15, 0.2) is 47.2 Å². The van der Waals surface area contributed by atoms with E-state index in [1.807, 2.05) is 24.4 Å². The molecule has 6 heteroatoms. The molecule has 1 aromatic carbocycles. The Kier molecular flexibility index (Phi) is 3.46. The van der Waals surface area contributed by atoms with Crippen molar-refractivity contribution in [2.45, 2.75) is 0 Å². The van der Waals surface area contributed by atoms with Crippen molar-refractivity contribution in [1.82, 2.24) is 9.97 Å². The van der Waals surface area contributed by atoms with Gasteiger partial charge < -0.3 is 10.3 Å². The first-order valence-corrected chi connectivity index (χ1v) is 7.00. The van der Waals surface area contributed by atoms with E-state index in [-0.39, 0.29) is 11.1 Å². The van der Waals surface area contributed by atoms with Crippen LogP contribution >= 0.6 is 27.5 Å². The Morgan fingerprint density at radius 3 is 3.00 bits per heavy atom. The highest BCUT2D eigenvalue weighted by Crippen LogP contribution is 2.24. The van der Waals surface area contributed by atoms with Crippen LogP contribution in [0.2, 0.25) is 5.15 Å². The Hall–Kier alpha value is -1.85. The van der Waals surface area contributed by atoms with E-state index in [4.69, 9.17) is 11.6 Å². The third-order valence-corrected chi connectivity index (χ3v) is 3.60. The molecule has 0 aliphatic rings. The Labute approximate surface area is 128 Å². The number of aromatic nitrogens is 2. The minimum Gasteiger partial charge on any atom is -0.361 e. The van der Waals surface area contributed by atoms with Gasteiger partial charge in [0.2, 0.25) is 0 Å². The molecular formula is C14H9BrClN3O. The molecule has 4 nitrogen and oxygen atoms in total. The van der Waals surface area contributed by atoms with Crippen molar-refractivity contribution in [3.63, 3.8) is 0 Å². The van der Waals surface area contributed by atoms with Crippen LogP contribution in [0.1, 0.15) is 10.4 Å². The third-order valence-electron chi connectivity index (χ3n) is 2.87. The molecule has 0 fully saturated rings. The predicted octanol–water partition coefficient (Wildman–Crippen LogP) is 4.23. The number of nitrogens with zero attached hydrogens (tertiary/aromatic N) is 1. The minimum atomic E-state index is -0.227. The number of rotatable bonds is 2. The van der Waals surface area contributed by atoms with Gasteiger partial charge in [-0.2, -0.15) is 0 Å². The molecule has 0 unspecified atom stereocenters. The zero-order chi connectivity index (χ0) is 14.1. The molecule has 0 atom stereocenters. The normalized spacial score (nSPS) is 10.7. The lowest BCUT2D eigenvalue weighted by atomic mass is 10.1. The summed E-state index contributed by atoms with van der Waals surface area (Å²) in [5, 5.41) is 3.99. The van der Waals surface area contributed by atoms with Crippen LogP contribution in [0.25, 0.3) is 10.9 Å². The molecule has 2 heterocycles. The lowest BCUT2D eigenvalue weighted by Gasteiger charge is -2.07. The van der Waals surface area contributed by atoms with Crippen molar-refractivity contribution in [3.8, 4) is 0 Å². The monoisotopic (exact) mass is 349 g/mol. The summed E-state index contributed by atoms with van der Waals surface area (Å²) in [5.74, 6) is -0.227. The van der Waals surface area contributed by atoms with Crippen molar-refractivity contribution in [1.29, 1.82) is 0 Å². The number of amides is 1. The van der Waals surface area contributed by atoms with E-state index in [0.29, 0.717) is 11.3 Å². The summed E-state index contributed by atoms with van der Waals surface area (Å²) < 4.78 is 0.748. The van der Waals surface area contributed by atoms with Crippen LogP contribution in [0.4, 0.5) is 5.69 Å². The fourth-order valence-corrected chi connectivity index (χ4v) is 2.38. The number of fused-ring (bicyclic) bond motifs is 1. The van der Waals surface area contributed by atoms with Crippen LogP contribution in [0.5, 0.6) is 0 Å². The average Bonchev–Trinajstić information content (AvgIpc) is 2.90. The van der Waals surface area contributed by atoms with E-state index in [1.165, 1.54) is 0 Å². The molecular weight excluding hydrogens is 342 g/mol. The molecule has 0 saturated heterocycles. The summed E-state index contributed by atoms with van der Waals surface area (Å²) in [4.78, 5) is 19.3. The molecule has 0 spiro atoms. The topological polar surface area (TPSA) is 57.8 Å². The Balaban J connectivity index is 1.90.